The van der Waals surface area contributed by atoms with Crippen LogP contribution in [0.2, 0.25) is 11.6 Å². The van der Waals surface area contributed by atoms with Crippen molar-refractivity contribution in [1.82, 2.24) is 0 Å². The molecule has 1 saturated carbocycles. The van der Waals surface area contributed by atoms with Crippen LogP contribution in [0, 0.1) is 0 Å². The van der Waals surface area contributed by atoms with Gasteiger partial charge in [0.05, 0.1) is 0 Å². The maximum absolute atomic E-state index is 6.19. The molecule has 0 radical (unpaired) electrons. The van der Waals surface area contributed by atoms with Crippen LogP contribution < -0.4 is 5.73 Å². The van der Waals surface area contributed by atoms with Crippen LogP contribution in [0.4, 0.5) is 0 Å². The largest absolute Gasteiger partial charge is 0.325 e. The monoisotopic (exact) mass is 195 g/mol. The van der Waals surface area contributed by atoms with Gasteiger partial charge in [-0.3, -0.25) is 0 Å². The number of hydrogen-bond donors (Lipinski definition) is 1. The molecule has 0 aromatic rings. The number of nitrogens with two attached hydrogens (primary N) is 1. The van der Waals surface area contributed by atoms with Gasteiger partial charge in [0, 0.05) is 5.54 Å². The van der Waals surface area contributed by atoms with E-state index in [1.54, 1.807) is 0 Å². The summed E-state index contributed by atoms with van der Waals surface area (Å²) in [6.07, 6.45) is 7.94. The van der Waals surface area contributed by atoms with Gasteiger partial charge in [-0.15, -0.1) is 0 Å². The zero-order chi connectivity index (χ0) is 10.6. The van der Waals surface area contributed by atoms with E-state index < -0.39 is 0 Å². The second-order valence-corrected chi connectivity index (χ2v) is 5.93. The van der Waals surface area contributed by atoms with Gasteiger partial charge in [-0.1, -0.05) is 51.2 Å². The van der Waals surface area contributed by atoms with E-state index in [1.807, 2.05) is 0 Å². The van der Waals surface area contributed by atoms with Crippen molar-refractivity contribution in [1.29, 1.82) is 0 Å². The van der Waals surface area contributed by atoms with Gasteiger partial charge in [0.15, 0.2) is 0 Å². The highest BCUT2D eigenvalue weighted by atomic mass is 14.7. The van der Waals surface area contributed by atoms with E-state index >= 15 is 0 Å². The molecule has 0 heterocycles. The van der Waals surface area contributed by atoms with Crippen molar-refractivity contribution in [3.63, 3.8) is 0 Å². The van der Waals surface area contributed by atoms with E-state index in [0.717, 1.165) is 11.6 Å². The Morgan fingerprint density at radius 3 is 2.14 bits per heavy atom. The highest BCUT2D eigenvalue weighted by Gasteiger charge is 2.23. The quantitative estimate of drug-likeness (QED) is 0.673. The molecule has 82 valence electrons. The molecule has 0 saturated heterocycles. The molecular formula is C12H26BN. The Kier molecular flexibility index (Phi) is 4.50. The highest BCUT2D eigenvalue weighted by molar-refractivity contribution is 6.39. The molecule has 0 amide bonds. The average molecular weight is 195 g/mol. The van der Waals surface area contributed by atoms with E-state index in [-0.39, 0.29) is 5.54 Å². The lowest BCUT2D eigenvalue weighted by Crippen LogP contribution is -2.36. The zero-order valence-electron chi connectivity index (χ0n) is 10.2. The van der Waals surface area contributed by atoms with Crippen molar-refractivity contribution >= 4 is 7.28 Å². The Bertz CT molecular complexity index is 154. The van der Waals surface area contributed by atoms with E-state index in [9.17, 15) is 0 Å². The Balaban J connectivity index is 2.33. The van der Waals surface area contributed by atoms with Gasteiger partial charge >= 0.3 is 0 Å². The molecule has 14 heavy (non-hydrogen) atoms. The van der Waals surface area contributed by atoms with Crippen molar-refractivity contribution in [3.8, 4) is 0 Å². The first-order valence-corrected chi connectivity index (χ1v) is 6.28. The van der Waals surface area contributed by atoms with Crippen LogP contribution in [0.25, 0.3) is 0 Å². The van der Waals surface area contributed by atoms with Gasteiger partial charge in [0.2, 0.25) is 0 Å². The third-order valence-corrected chi connectivity index (χ3v) is 3.53. The fourth-order valence-corrected chi connectivity index (χ4v) is 2.76. The molecule has 0 unspecified atom stereocenters. The Labute approximate surface area is 90.1 Å². The summed E-state index contributed by atoms with van der Waals surface area (Å²) in [6.45, 7) is 6.90. The summed E-state index contributed by atoms with van der Waals surface area (Å²) < 4.78 is 0. The molecule has 0 aliphatic heterocycles. The maximum atomic E-state index is 6.19. The van der Waals surface area contributed by atoms with Crippen LogP contribution in [0.1, 0.15) is 59.3 Å². The zero-order valence-corrected chi connectivity index (χ0v) is 10.2. The summed E-state index contributed by atoms with van der Waals surface area (Å²) in [5.41, 5.74) is 6.32. The predicted octanol–water partition coefficient (Wildman–Crippen LogP) is 3.11. The Hall–Kier alpha value is 0.0249. The van der Waals surface area contributed by atoms with Gasteiger partial charge in [-0.25, -0.2) is 0 Å². The van der Waals surface area contributed by atoms with Gasteiger partial charge in [-0.2, -0.15) is 0 Å². The first kappa shape index (κ1) is 12.1. The lowest BCUT2D eigenvalue weighted by molar-refractivity contribution is 0.342. The van der Waals surface area contributed by atoms with Crippen LogP contribution in [0.3, 0.4) is 0 Å². The summed E-state index contributed by atoms with van der Waals surface area (Å²) >= 11 is 0. The maximum Gasteiger partial charge on any atom is 0.126 e. The summed E-state index contributed by atoms with van der Waals surface area (Å²) in [4.78, 5) is 0. The van der Waals surface area contributed by atoms with E-state index in [4.69, 9.17) is 5.73 Å². The van der Waals surface area contributed by atoms with Crippen molar-refractivity contribution in [2.45, 2.75) is 76.5 Å². The fourth-order valence-electron chi connectivity index (χ4n) is 2.76. The second kappa shape index (κ2) is 5.20. The van der Waals surface area contributed by atoms with Gasteiger partial charge in [0.25, 0.3) is 0 Å². The van der Waals surface area contributed by atoms with Crippen LogP contribution >= 0.6 is 0 Å². The summed E-state index contributed by atoms with van der Waals surface area (Å²) in [5, 5.41) is 0. The van der Waals surface area contributed by atoms with Crippen LogP contribution in [0.15, 0.2) is 0 Å². The molecule has 1 nitrogen and oxygen atoms in total. The first-order chi connectivity index (χ1) is 6.49. The molecule has 0 spiro atoms. The third kappa shape index (κ3) is 4.50. The SMILES string of the molecule is CC(C)BC1CCCC(C)(N)CCC1. The van der Waals surface area contributed by atoms with Crippen molar-refractivity contribution in [3.05, 3.63) is 0 Å². The Morgan fingerprint density at radius 1 is 1.21 bits per heavy atom. The van der Waals surface area contributed by atoms with Crippen molar-refractivity contribution in [2.24, 2.45) is 5.73 Å². The molecule has 0 atom stereocenters. The molecule has 1 rings (SSSR count). The highest BCUT2D eigenvalue weighted by Crippen LogP contribution is 2.31. The fraction of sp³-hybridized carbons (Fsp3) is 1.00. The standard InChI is InChI=1S/C12H26BN/c1-10(2)13-11-6-4-8-12(3,14)9-5-7-11/h10-11,13H,4-9,14H2,1-3H3. The normalized spacial score (nSPS) is 35.1. The average Bonchev–Trinajstić information content (AvgIpc) is 1.99. The molecule has 1 aliphatic rings. The van der Waals surface area contributed by atoms with Crippen molar-refractivity contribution < 1.29 is 0 Å². The van der Waals surface area contributed by atoms with Crippen LogP contribution in [-0.2, 0) is 0 Å². The minimum Gasteiger partial charge on any atom is -0.325 e. The molecule has 0 aromatic heterocycles. The molecule has 0 bridgehead atoms. The minimum absolute atomic E-state index is 0.128. The number of hydrogen-bond acceptors (Lipinski definition) is 1. The molecule has 1 aliphatic carbocycles. The predicted molar refractivity (Wildman–Crippen MR) is 66.3 cm³/mol. The lowest BCUT2D eigenvalue weighted by Gasteiger charge is -2.30. The smallest absolute Gasteiger partial charge is 0.126 e. The van der Waals surface area contributed by atoms with E-state index in [0.29, 0.717) is 0 Å². The summed E-state index contributed by atoms with van der Waals surface area (Å²) in [5.74, 6) is 1.84. The molecule has 1 fully saturated rings. The van der Waals surface area contributed by atoms with Gasteiger partial charge < -0.3 is 5.73 Å². The van der Waals surface area contributed by atoms with Gasteiger partial charge in [-0.05, 0) is 19.8 Å². The van der Waals surface area contributed by atoms with Crippen molar-refractivity contribution in [2.75, 3.05) is 0 Å². The molecule has 0 aromatic carbocycles. The Morgan fingerprint density at radius 2 is 1.71 bits per heavy atom. The molecular weight excluding hydrogens is 169 g/mol. The van der Waals surface area contributed by atoms with Crippen LogP contribution in [0.5, 0.6) is 0 Å². The summed E-state index contributed by atoms with van der Waals surface area (Å²) in [6, 6.07) is 0. The summed E-state index contributed by atoms with van der Waals surface area (Å²) in [7, 11) is 1.42. The first-order valence-electron chi connectivity index (χ1n) is 6.28. The topological polar surface area (TPSA) is 26.0 Å². The molecule has 2 N–H and O–H groups in total. The van der Waals surface area contributed by atoms with E-state index in [1.165, 1.54) is 45.8 Å². The van der Waals surface area contributed by atoms with Crippen LogP contribution in [-0.4, -0.2) is 12.8 Å². The lowest BCUT2D eigenvalue weighted by atomic mass is 9.53. The van der Waals surface area contributed by atoms with Gasteiger partial charge in [0.1, 0.15) is 7.28 Å². The minimum atomic E-state index is 0.128. The van der Waals surface area contributed by atoms with E-state index in [2.05, 4.69) is 20.8 Å². The number of rotatable bonds is 2. The molecule has 2 heteroatoms. The second-order valence-electron chi connectivity index (χ2n) is 5.93. The third-order valence-electron chi connectivity index (χ3n) is 3.53.